The van der Waals surface area contributed by atoms with Gasteiger partial charge in [-0.2, -0.15) is 0 Å². The number of β-amino-alcohol motifs (C(OH)–C–C–N with tert-alkyl or cyclic N) is 1. The Labute approximate surface area is 94.9 Å². The molecular weight excluding hydrogens is 207 g/mol. The summed E-state index contributed by atoms with van der Waals surface area (Å²) < 4.78 is 12.9. The number of rotatable bonds is 3. The normalized spacial score (nSPS) is 19.8. The van der Waals surface area contributed by atoms with Crippen LogP contribution in [0.3, 0.4) is 0 Å². The van der Waals surface area contributed by atoms with Gasteiger partial charge in [-0.05, 0) is 17.5 Å². The van der Waals surface area contributed by atoms with Gasteiger partial charge in [-0.3, -0.25) is 9.88 Å². The summed E-state index contributed by atoms with van der Waals surface area (Å²) in [5.74, 6) is -0.0495. The first kappa shape index (κ1) is 11.5. The van der Waals surface area contributed by atoms with Gasteiger partial charge in [0.2, 0.25) is 0 Å². The first-order chi connectivity index (χ1) is 7.49. The van der Waals surface area contributed by atoms with E-state index in [0.717, 1.165) is 5.56 Å². The first-order valence-corrected chi connectivity index (χ1v) is 5.54. The molecule has 2 rings (SSSR count). The van der Waals surface area contributed by atoms with E-state index in [4.69, 9.17) is 0 Å². The average Bonchev–Trinajstić information content (AvgIpc) is 2.14. The lowest BCUT2D eigenvalue weighted by Crippen LogP contribution is -2.63. The number of aliphatic hydroxyl groups is 1. The summed E-state index contributed by atoms with van der Waals surface area (Å²) in [7, 11) is 0. The van der Waals surface area contributed by atoms with E-state index in [2.05, 4.69) is 9.88 Å². The Morgan fingerprint density at radius 3 is 2.75 bits per heavy atom. The Morgan fingerprint density at radius 2 is 2.19 bits per heavy atom. The molecule has 4 heteroatoms. The van der Waals surface area contributed by atoms with E-state index in [-0.39, 0.29) is 11.7 Å². The Hall–Kier alpha value is -1.00. The summed E-state index contributed by atoms with van der Waals surface area (Å²) >= 11 is 0. The van der Waals surface area contributed by atoms with Crippen molar-refractivity contribution in [1.82, 2.24) is 9.88 Å². The Morgan fingerprint density at radius 1 is 1.50 bits per heavy atom. The number of nitrogens with zero attached hydrogens (tertiary/aromatic N) is 2. The van der Waals surface area contributed by atoms with E-state index in [1.807, 2.05) is 13.8 Å². The number of hydrogen-bond donors (Lipinski definition) is 1. The Bertz CT molecular complexity index is 375. The molecule has 1 aliphatic heterocycles. The molecule has 0 saturated carbocycles. The third kappa shape index (κ3) is 2.23. The van der Waals surface area contributed by atoms with Crippen molar-refractivity contribution in [1.29, 1.82) is 0 Å². The number of hydrogen-bond acceptors (Lipinski definition) is 3. The van der Waals surface area contributed by atoms with E-state index in [1.54, 1.807) is 6.20 Å². The molecule has 0 aromatic carbocycles. The molecule has 16 heavy (non-hydrogen) atoms. The van der Waals surface area contributed by atoms with Gasteiger partial charge in [0.15, 0.2) is 0 Å². The average molecular weight is 224 g/mol. The lowest BCUT2D eigenvalue weighted by atomic mass is 9.83. The van der Waals surface area contributed by atoms with Crippen molar-refractivity contribution in [2.24, 2.45) is 5.92 Å². The maximum atomic E-state index is 12.9. The molecule has 0 unspecified atom stereocenters. The number of likely N-dealkylation sites (tertiary alicyclic amines) is 1. The molecule has 2 heterocycles. The lowest BCUT2D eigenvalue weighted by Gasteiger charge is -2.49. The topological polar surface area (TPSA) is 36.4 Å². The maximum absolute atomic E-state index is 12.9. The van der Waals surface area contributed by atoms with Gasteiger partial charge in [0.25, 0.3) is 0 Å². The second-order valence-corrected chi connectivity index (χ2v) is 4.91. The summed E-state index contributed by atoms with van der Waals surface area (Å²) in [5.41, 5.74) is 0.284. The minimum absolute atomic E-state index is 0.259. The molecule has 1 aliphatic rings. The van der Waals surface area contributed by atoms with Crippen LogP contribution in [0.15, 0.2) is 18.5 Å². The van der Waals surface area contributed by atoms with Crippen LogP contribution in [0, 0.1) is 11.7 Å². The summed E-state index contributed by atoms with van der Waals surface area (Å²) in [6.07, 6.45) is 2.86. The van der Waals surface area contributed by atoms with Gasteiger partial charge in [0.05, 0.1) is 11.8 Å². The second-order valence-electron chi connectivity index (χ2n) is 4.91. The molecule has 0 amide bonds. The van der Waals surface area contributed by atoms with Gasteiger partial charge in [0.1, 0.15) is 5.82 Å². The molecule has 0 aliphatic carbocycles. The molecule has 3 nitrogen and oxygen atoms in total. The fourth-order valence-corrected chi connectivity index (χ4v) is 2.01. The van der Waals surface area contributed by atoms with Crippen LogP contribution >= 0.6 is 0 Å². The van der Waals surface area contributed by atoms with Crippen LogP contribution in [0.4, 0.5) is 4.39 Å². The SMILES string of the molecule is CC(C)C1(O)CN(Cc2cncc(F)c2)C1. The summed E-state index contributed by atoms with van der Waals surface area (Å²) in [4.78, 5) is 5.90. The minimum Gasteiger partial charge on any atom is -0.387 e. The molecule has 1 aromatic heterocycles. The third-order valence-electron chi connectivity index (χ3n) is 3.24. The zero-order valence-electron chi connectivity index (χ0n) is 9.65. The summed E-state index contributed by atoms with van der Waals surface area (Å²) in [6.45, 7) is 5.99. The second kappa shape index (κ2) is 4.11. The van der Waals surface area contributed by atoms with Crippen molar-refractivity contribution in [2.45, 2.75) is 26.0 Å². The van der Waals surface area contributed by atoms with Crippen molar-refractivity contribution >= 4 is 0 Å². The fraction of sp³-hybridized carbons (Fsp3) is 0.583. The highest BCUT2D eigenvalue weighted by atomic mass is 19.1. The third-order valence-corrected chi connectivity index (χ3v) is 3.24. The minimum atomic E-state index is -0.569. The Kier molecular flexibility index (Phi) is 2.95. The van der Waals surface area contributed by atoms with Crippen LogP contribution in [0.1, 0.15) is 19.4 Å². The van der Waals surface area contributed by atoms with Gasteiger partial charge >= 0.3 is 0 Å². The van der Waals surface area contributed by atoms with Crippen LogP contribution < -0.4 is 0 Å². The molecule has 1 aromatic rings. The van der Waals surface area contributed by atoms with Gasteiger partial charge < -0.3 is 5.11 Å². The fourth-order valence-electron chi connectivity index (χ4n) is 2.01. The molecule has 0 bridgehead atoms. The smallest absolute Gasteiger partial charge is 0.141 e. The molecule has 0 radical (unpaired) electrons. The van der Waals surface area contributed by atoms with Crippen LogP contribution in [-0.2, 0) is 6.54 Å². The van der Waals surface area contributed by atoms with E-state index >= 15 is 0 Å². The van der Waals surface area contributed by atoms with Gasteiger partial charge in [-0.25, -0.2) is 4.39 Å². The van der Waals surface area contributed by atoms with Crippen LogP contribution in [0.25, 0.3) is 0 Å². The van der Waals surface area contributed by atoms with Crippen LogP contribution in [-0.4, -0.2) is 33.7 Å². The van der Waals surface area contributed by atoms with E-state index in [1.165, 1.54) is 12.3 Å². The molecule has 0 atom stereocenters. The number of halogens is 1. The molecular formula is C12H17FN2O. The first-order valence-electron chi connectivity index (χ1n) is 5.54. The van der Waals surface area contributed by atoms with Crippen LogP contribution in [0.5, 0.6) is 0 Å². The highest BCUT2D eigenvalue weighted by molar-refractivity contribution is 5.12. The van der Waals surface area contributed by atoms with Crippen molar-refractivity contribution in [3.05, 3.63) is 29.8 Å². The van der Waals surface area contributed by atoms with E-state index in [9.17, 15) is 9.50 Å². The summed E-state index contributed by atoms with van der Waals surface area (Å²) in [5, 5.41) is 10.1. The highest BCUT2D eigenvalue weighted by Gasteiger charge is 2.43. The lowest BCUT2D eigenvalue weighted by molar-refractivity contribution is -0.130. The Balaban J connectivity index is 1.90. The van der Waals surface area contributed by atoms with Crippen molar-refractivity contribution < 1.29 is 9.50 Å². The van der Waals surface area contributed by atoms with Gasteiger partial charge in [-0.1, -0.05) is 13.8 Å². The summed E-state index contributed by atoms with van der Waals surface area (Å²) in [6, 6.07) is 1.49. The number of pyridine rings is 1. The monoisotopic (exact) mass is 224 g/mol. The maximum Gasteiger partial charge on any atom is 0.141 e. The van der Waals surface area contributed by atoms with Gasteiger partial charge in [-0.15, -0.1) is 0 Å². The van der Waals surface area contributed by atoms with Crippen LogP contribution in [0.2, 0.25) is 0 Å². The molecule has 88 valence electrons. The largest absolute Gasteiger partial charge is 0.387 e. The standard InChI is InChI=1S/C12H17FN2O/c1-9(2)12(16)7-15(8-12)6-10-3-11(13)5-14-4-10/h3-5,9,16H,6-8H2,1-2H3. The molecule has 1 N–H and O–H groups in total. The molecule has 0 spiro atoms. The molecule has 1 saturated heterocycles. The zero-order valence-corrected chi connectivity index (χ0v) is 9.65. The predicted molar refractivity (Wildman–Crippen MR) is 59.3 cm³/mol. The number of aromatic nitrogens is 1. The zero-order chi connectivity index (χ0) is 11.8. The quantitative estimate of drug-likeness (QED) is 0.843. The van der Waals surface area contributed by atoms with E-state index < -0.39 is 5.60 Å². The van der Waals surface area contributed by atoms with Gasteiger partial charge in [0, 0.05) is 25.8 Å². The molecule has 1 fully saturated rings. The van der Waals surface area contributed by atoms with Crippen molar-refractivity contribution in [3.8, 4) is 0 Å². The van der Waals surface area contributed by atoms with Crippen molar-refractivity contribution in [3.63, 3.8) is 0 Å². The van der Waals surface area contributed by atoms with Crippen molar-refractivity contribution in [2.75, 3.05) is 13.1 Å². The highest BCUT2D eigenvalue weighted by Crippen LogP contribution is 2.29. The predicted octanol–water partition coefficient (Wildman–Crippen LogP) is 1.42. The van der Waals surface area contributed by atoms with E-state index in [0.29, 0.717) is 19.6 Å².